The van der Waals surface area contributed by atoms with Gasteiger partial charge in [0.15, 0.2) is 11.9 Å². The van der Waals surface area contributed by atoms with Crippen LogP contribution in [0.1, 0.15) is 28.9 Å². The molecule has 0 spiro atoms. The maximum atomic E-state index is 13.0. The molecular formula is C20H19N2O4+. The molecule has 2 aromatic carbocycles. The van der Waals surface area contributed by atoms with E-state index in [-0.39, 0.29) is 22.8 Å². The van der Waals surface area contributed by atoms with Gasteiger partial charge in [-0.2, -0.15) is 4.57 Å². The van der Waals surface area contributed by atoms with Gasteiger partial charge < -0.3 is 4.74 Å². The molecule has 6 nitrogen and oxygen atoms in total. The number of Topliss-reactive ketones (excluding diaryl/α,β-unsaturated/α-hetero) is 1. The van der Waals surface area contributed by atoms with Crippen molar-refractivity contribution in [2.75, 3.05) is 7.11 Å². The summed E-state index contributed by atoms with van der Waals surface area (Å²) in [6.45, 7) is 3.81. The van der Waals surface area contributed by atoms with Gasteiger partial charge in [0.1, 0.15) is 0 Å². The molecule has 132 valence electrons. The summed E-state index contributed by atoms with van der Waals surface area (Å²) in [5.74, 6) is -0.0672. The summed E-state index contributed by atoms with van der Waals surface area (Å²) in [6.07, 6.45) is 1.87. The fourth-order valence-corrected chi connectivity index (χ4v) is 3.09. The number of ketones is 1. The summed E-state index contributed by atoms with van der Waals surface area (Å²) < 4.78 is 6.89. The number of carbonyl (C=O) groups excluding carboxylic acids is 1. The standard InChI is InChI=1S/C20H19N2O4/c1-13-10-11-21(17-7-5-4-6-16(13)17)14(2)20(23)15-8-9-19(26-3)18(12-15)22(24)25/h4-12,14H,1-3H3/q+1/t14-/m1/s1. The number of nitro groups is 1. The molecule has 0 radical (unpaired) electrons. The number of para-hydroxylation sites is 1. The van der Waals surface area contributed by atoms with E-state index >= 15 is 0 Å². The molecule has 6 heteroatoms. The van der Waals surface area contributed by atoms with Gasteiger partial charge in [0.05, 0.1) is 12.0 Å². The van der Waals surface area contributed by atoms with Gasteiger partial charge >= 0.3 is 5.69 Å². The number of benzene rings is 2. The molecule has 0 saturated carbocycles. The van der Waals surface area contributed by atoms with Crippen LogP contribution in [0.3, 0.4) is 0 Å². The lowest BCUT2D eigenvalue weighted by Gasteiger charge is -2.10. The maximum Gasteiger partial charge on any atom is 0.311 e. The van der Waals surface area contributed by atoms with Crippen molar-refractivity contribution in [3.05, 3.63) is 76.0 Å². The Hall–Kier alpha value is -3.28. The van der Waals surface area contributed by atoms with Crippen molar-refractivity contribution in [3.63, 3.8) is 0 Å². The number of methoxy groups -OCH3 is 1. The Kier molecular flexibility index (Phi) is 4.67. The average Bonchev–Trinajstić information content (AvgIpc) is 2.67. The Morgan fingerprint density at radius 1 is 1.19 bits per heavy atom. The first kappa shape index (κ1) is 17.5. The summed E-state index contributed by atoms with van der Waals surface area (Å²) in [5.41, 5.74) is 2.12. The molecule has 1 heterocycles. The zero-order valence-electron chi connectivity index (χ0n) is 14.8. The van der Waals surface area contributed by atoms with Crippen molar-refractivity contribution in [2.45, 2.75) is 19.9 Å². The van der Waals surface area contributed by atoms with Crippen molar-refractivity contribution in [2.24, 2.45) is 0 Å². The van der Waals surface area contributed by atoms with Gasteiger partial charge in [-0.1, -0.05) is 12.1 Å². The van der Waals surface area contributed by atoms with Gasteiger partial charge in [-0.3, -0.25) is 14.9 Å². The average molecular weight is 351 g/mol. The Morgan fingerprint density at radius 3 is 2.62 bits per heavy atom. The Morgan fingerprint density at radius 2 is 1.92 bits per heavy atom. The van der Waals surface area contributed by atoms with Crippen LogP contribution in [0.5, 0.6) is 5.75 Å². The van der Waals surface area contributed by atoms with Gasteiger partial charge in [0.25, 0.3) is 0 Å². The zero-order valence-corrected chi connectivity index (χ0v) is 14.8. The number of aromatic nitrogens is 1. The Bertz CT molecular complexity index is 1010. The smallest absolute Gasteiger partial charge is 0.311 e. The van der Waals surface area contributed by atoms with Gasteiger partial charge in [-0.15, -0.1) is 0 Å². The number of carbonyl (C=O) groups is 1. The van der Waals surface area contributed by atoms with Crippen molar-refractivity contribution in [3.8, 4) is 5.75 Å². The number of ether oxygens (including phenoxy) is 1. The highest BCUT2D eigenvalue weighted by Gasteiger charge is 2.28. The Labute approximate surface area is 150 Å². The number of pyridine rings is 1. The molecular weight excluding hydrogens is 332 g/mol. The molecule has 0 N–H and O–H groups in total. The number of hydrogen-bond donors (Lipinski definition) is 0. The fourth-order valence-electron chi connectivity index (χ4n) is 3.09. The molecule has 0 bridgehead atoms. The van der Waals surface area contributed by atoms with Crippen LogP contribution in [0.4, 0.5) is 5.69 Å². The number of hydrogen-bond acceptors (Lipinski definition) is 4. The van der Waals surface area contributed by atoms with Crippen molar-refractivity contribution in [1.29, 1.82) is 0 Å². The molecule has 0 saturated heterocycles. The van der Waals surface area contributed by atoms with Crippen molar-refractivity contribution >= 4 is 22.4 Å². The van der Waals surface area contributed by atoms with E-state index in [1.165, 1.54) is 19.2 Å². The van der Waals surface area contributed by atoms with Gasteiger partial charge in [-0.05, 0) is 30.7 Å². The molecule has 3 aromatic rings. The number of aryl methyl sites for hydroxylation is 1. The second-order valence-corrected chi connectivity index (χ2v) is 6.11. The zero-order chi connectivity index (χ0) is 18.8. The van der Waals surface area contributed by atoms with Crippen LogP contribution in [-0.4, -0.2) is 17.8 Å². The normalized spacial score (nSPS) is 12.0. The molecule has 0 unspecified atom stereocenters. The molecule has 26 heavy (non-hydrogen) atoms. The predicted molar refractivity (Wildman–Crippen MR) is 97.6 cm³/mol. The van der Waals surface area contributed by atoms with E-state index in [2.05, 4.69) is 0 Å². The fraction of sp³-hybridized carbons (Fsp3) is 0.200. The minimum atomic E-state index is -0.547. The monoisotopic (exact) mass is 351 g/mol. The maximum absolute atomic E-state index is 13.0. The molecule has 0 aliphatic carbocycles. The molecule has 1 atom stereocenters. The number of nitro benzene ring substituents is 1. The van der Waals surface area contributed by atoms with E-state index in [0.29, 0.717) is 0 Å². The van der Waals surface area contributed by atoms with Crippen LogP contribution in [-0.2, 0) is 0 Å². The highest BCUT2D eigenvalue weighted by atomic mass is 16.6. The van der Waals surface area contributed by atoms with E-state index in [1.807, 2.05) is 48.0 Å². The van der Waals surface area contributed by atoms with Crippen molar-refractivity contribution < 1.29 is 19.0 Å². The highest BCUT2D eigenvalue weighted by molar-refractivity contribution is 5.98. The second kappa shape index (κ2) is 6.92. The van der Waals surface area contributed by atoms with Crippen LogP contribution in [0.2, 0.25) is 0 Å². The molecule has 0 aliphatic heterocycles. The highest BCUT2D eigenvalue weighted by Crippen LogP contribution is 2.28. The second-order valence-electron chi connectivity index (χ2n) is 6.11. The molecule has 0 fully saturated rings. The molecule has 0 aliphatic rings. The topological polar surface area (TPSA) is 73.3 Å². The van der Waals surface area contributed by atoms with Crippen LogP contribution in [0.25, 0.3) is 10.9 Å². The first-order valence-corrected chi connectivity index (χ1v) is 8.20. The summed E-state index contributed by atoms with van der Waals surface area (Å²) in [7, 11) is 1.36. The van der Waals surface area contributed by atoms with E-state index in [9.17, 15) is 14.9 Å². The third-order valence-electron chi connectivity index (χ3n) is 4.55. The lowest BCUT2D eigenvalue weighted by atomic mass is 10.0. The lowest BCUT2D eigenvalue weighted by molar-refractivity contribution is -0.679. The largest absolute Gasteiger partial charge is 0.490 e. The van der Waals surface area contributed by atoms with Gasteiger partial charge in [0, 0.05) is 36.1 Å². The van der Waals surface area contributed by atoms with Gasteiger partial charge in [0.2, 0.25) is 17.3 Å². The lowest BCUT2D eigenvalue weighted by Crippen LogP contribution is -2.42. The van der Waals surface area contributed by atoms with Crippen molar-refractivity contribution in [1.82, 2.24) is 0 Å². The van der Waals surface area contributed by atoms with E-state index < -0.39 is 11.0 Å². The predicted octanol–water partition coefficient (Wildman–Crippen LogP) is 3.80. The third kappa shape index (κ3) is 3.01. The van der Waals surface area contributed by atoms with Crippen LogP contribution >= 0.6 is 0 Å². The minimum Gasteiger partial charge on any atom is -0.490 e. The third-order valence-corrected chi connectivity index (χ3v) is 4.55. The Balaban J connectivity index is 2.05. The number of nitrogens with zero attached hydrogens (tertiary/aromatic N) is 2. The van der Waals surface area contributed by atoms with E-state index in [4.69, 9.17) is 4.74 Å². The van der Waals surface area contributed by atoms with Crippen LogP contribution in [0, 0.1) is 17.0 Å². The quantitative estimate of drug-likeness (QED) is 0.303. The summed E-state index contributed by atoms with van der Waals surface area (Å²) in [5, 5.41) is 12.3. The first-order chi connectivity index (χ1) is 12.4. The van der Waals surface area contributed by atoms with Crippen LogP contribution in [0.15, 0.2) is 54.7 Å². The number of fused-ring (bicyclic) bond motifs is 1. The summed E-state index contributed by atoms with van der Waals surface area (Å²) in [4.78, 5) is 23.6. The molecule has 0 amide bonds. The molecule has 3 rings (SSSR count). The van der Waals surface area contributed by atoms with E-state index in [0.717, 1.165) is 16.5 Å². The number of rotatable bonds is 5. The first-order valence-electron chi connectivity index (χ1n) is 8.20. The minimum absolute atomic E-state index is 0.132. The van der Waals surface area contributed by atoms with Gasteiger partial charge in [-0.25, -0.2) is 0 Å². The summed E-state index contributed by atoms with van der Waals surface area (Å²) in [6, 6.07) is 13.6. The SMILES string of the molecule is COc1ccc(C(=O)[C@@H](C)[n+]2ccc(C)c3ccccc32)cc1[N+](=O)[O-]. The summed E-state index contributed by atoms with van der Waals surface area (Å²) >= 11 is 0. The molecule has 1 aromatic heterocycles. The van der Waals surface area contributed by atoms with E-state index in [1.54, 1.807) is 13.0 Å². The van der Waals surface area contributed by atoms with Crippen LogP contribution < -0.4 is 9.30 Å².